The Morgan fingerprint density at radius 1 is 1.29 bits per heavy atom. The summed E-state index contributed by atoms with van der Waals surface area (Å²) in [6, 6.07) is 10.3. The maximum Gasteiger partial charge on any atom is 0.230 e. The fourth-order valence-corrected chi connectivity index (χ4v) is 4.05. The number of ether oxygens (including phenoxy) is 1. The molecule has 0 spiro atoms. The normalized spacial score (nSPS) is 15.5. The number of nitrogens with one attached hydrogen (secondary N) is 2. The van der Waals surface area contributed by atoms with E-state index in [2.05, 4.69) is 46.2 Å². The van der Waals surface area contributed by atoms with Gasteiger partial charge in [0.1, 0.15) is 0 Å². The van der Waals surface area contributed by atoms with Crippen molar-refractivity contribution in [3.63, 3.8) is 0 Å². The highest BCUT2D eigenvalue weighted by Crippen LogP contribution is 2.19. The molecule has 3 rings (SSSR count). The summed E-state index contributed by atoms with van der Waals surface area (Å²) in [5, 5.41) is 3.87. The average molecular weight is 403 g/mol. The molecule has 0 unspecified atom stereocenters. The zero-order valence-corrected chi connectivity index (χ0v) is 17.8. The molecule has 0 bridgehead atoms. The van der Waals surface area contributed by atoms with Gasteiger partial charge in [-0.15, -0.1) is 0 Å². The number of aryl methyl sites for hydroxylation is 1. The summed E-state index contributed by atoms with van der Waals surface area (Å²) in [5.41, 5.74) is 3.24. The first-order chi connectivity index (χ1) is 13.4. The molecule has 2 N–H and O–H groups in total. The first kappa shape index (κ1) is 20.9. The predicted molar refractivity (Wildman–Crippen MR) is 113 cm³/mol. The topological polar surface area (TPSA) is 70.2 Å². The number of thioether (sulfide) groups is 1. The van der Waals surface area contributed by atoms with E-state index in [1.807, 2.05) is 25.1 Å². The van der Waals surface area contributed by atoms with Crippen molar-refractivity contribution in [2.75, 3.05) is 38.6 Å². The van der Waals surface area contributed by atoms with Crippen LogP contribution in [0.3, 0.4) is 0 Å². The summed E-state index contributed by atoms with van der Waals surface area (Å²) in [5.74, 6) is 0.390. The average Bonchev–Trinajstić information content (AvgIpc) is 3.05. The zero-order valence-electron chi connectivity index (χ0n) is 17.0. The van der Waals surface area contributed by atoms with Gasteiger partial charge >= 0.3 is 0 Å². The highest BCUT2D eigenvalue weighted by atomic mass is 32.2. The van der Waals surface area contributed by atoms with Crippen molar-refractivity contribution < 1.29 is 9.53 Å². The number of imidazole rings is 1. The Labute approximate surface area is 171 Å². The Morgan fingerprint density at radius 3 is 2.71 bits per heavy atom. The number of nitrogens with zero attached hydrogens (tertiary/aromatic N) is 2. The van der Waals surface area contributed by atoms with Gasteiger partial charge in [0.2, 0.25) is 5.91 Å². The standard InChI is InChI=1S/C21H30N4O2S/c1-16-18(13-17-7-5-4-6-8-17)24-20(23-16)28-14-19(26)22-15-21(2,3)25-9-11-27-12-10-25/h4-8H,9-15H2,1-3H3,(H,22,26)(H,23,24). The van der Waals surface area contributed by atoms with Crippen LogP contribution in [0.5, 0.6) is 0 Å². The molecule has 2 aromatic rings. The molecule has 0 aliphatic carbocycles. The number of morpholine rings is 1. The Balaban J connectivity index is 1.46. The summed E-state index contributed by atoms with van der Waals surface area (Å²) in [7, 11) is 0. The molecule has 1 aromatic heterocycles. The molecule has 152 valence electrons. The van der Waals surface area contributed by atoms with Gasteiger partial charge in [-0.2, -0.15) is 0 Å². The lowest BCUT2D eigenvalue weighted by Crippen LogP contribution is -2.55. The summed E-state index contributed by atoms with van der Waals surface area (Å²) in [6.07, 6.45) is 0.795. The third-order valence-electron chi connectivity index (χ3n) is 5.10. The van der Waals surface area contributed by atoms with E-state index in [4.69, 9.17) is 4.74 Å². The molecule has 1 fully saturated rings. The Morgan fingerprint density at radius 2 is 2.00 bits per heavy atom. The SMILES string of the molecule is Cc1[nH]c(SCC(=O)NCC(C)(C)N2CCOCC2)nc1Cc1ccccc1. The van der Waals surface area contributed by atoms with Crippen LogP contribution >= 0.6 is 11.8 Å². The van der Waals surface area contributed by atoms with E-state index in [0.29, 0.717) is 12.3 Å². The number of hydrogen-bond donors (Lipinski definition) is 2. The molecule has 1 aliphatic rings. The molecule has 6 nitrogen and oxygen atoms in total. The number of carbonyl (C=O) groups excluding carboxylic acids is 1. The van der Waals surface area contributed by atoms with Crippen molar-refractivity contribution in [2.45, 2.75) is 37.9 Å². The molecule has 7 heteroatoms. The smallest absolute Gasteiger partial charge is 0.230 e. The molecule has 1 aliphatic heterocycles. The minimum atomic E-state index is -0.0752. The van der Waals surface area contributed by atoms with E-state index >= 15 is 0 Å². The van der Waals surface area contributed by atoms with E-state index in [-0.39, 0.29) is 11.4 Å². The van der Waals surface area contributed by atoms with Crippen molar-refractivity contribution >= 4 is 17.7 Å². The second kappa shape index (κ2) is 9.58. The van der Waals surface area contributed by atoms with E-state index in [1.165, 1.54) is 17.3 Å². The monoisotopic (exact) mass is 402 g/mol. The van der Waals surface area contributed by atoms with E-state index in [9.17, 15) is 4.79 Å². The van der Waals surface area contributed by atoms with Gasteiger partial charge in [-0.3, -0.25) is 9.69 Å². The van der Waals surface area contributed by atoms with Crippen LogP contribution in [0.1, 0.15) is 30.8 Å². The lowest BCUT2D eigenvalue weighted by Gasteiger charge is -2.40. The van der Waals surface area contributed by atoms with Gasteiger partial charge in [-0.25, -0.2) is 4.98 Å². The molecule has 0 atom stereocenters. The summed E-state index contributed by atoms with van der Waals surface area (Å²) in [4.78, 5) is 22.6. The Bertz CT molecular complexity index is 770. The van der Waals surface area contributed by atoms with Gasteiger partial charge in [0.15, 0.2) is 5.16 Å². The van der Waals surface area contributed by atoms with Crippen LogP contribution in [0, 0.1) is 6.92 Å². The van der Waals surface area contributed by atoms with Crippen LogP contribution in [0.2, 0.25) is 0 Å². The van der Waals surface area contributed by atoms with E-state index < -0.39 is 0 Å². The predicted octanol–water partition coefficient (Wildman–Crippen LogP) is 2.63. The number of H-pyrrole nitrogens is 1. The largest absolute Gasteiger partial charge is 0.379 e. The maximum absolute atomic E-state index is 12.3. The van der Waals surface area contributed by atoms with Gasteiger partial charge in [0.05, 0.1) is 24.7 Å². The molecule has 28 heavy (non-hydrogen) atoms. The van der Waals surface area contributed by atoms with Gasteiger partial charge in [-0.1, -0.05) is 42.1 Å². The number of benzene rings is 1. The lowest BCUT2D eigenvalue weighted by molar-refractivity contribution is -0.119. The first-order valence-electron chi connectivity index (χ1n) is 9.76. The maximum atomic E-state index is 12.3. The van der Waals surface area contributed by atoms with Gasteiger partial charge in [-0.05, 0) is 26.3 Å². The molecular formula is C21H30N4O2S. The molecule has 1 aromatic carbocycles. The van der Waals surface area contributed by atoms with Crippen molar-refractivity contribution in [1.29, 1.82) is 0 Å². The van der Waals surface area contributed by atoms with E-state index in [0.717, 1.165) is 49.3 Å². The lowest BCUT2D eigenvalue weighted by atomic mass is 10.0. The molecule has 0 saturated carbocycles. The zero-order chi connectivity index (χ0) is 20.0. The quantitative estimate of drug-likeness (QED) is 0.665. The minimum Gasteiger partial charge on any atom is -0.379 e. The summed E-state index contributed by atoms with van der Waals surface area (Å²) < 4.78 is 5.41. The van der Waals surface area contributed by atoms with E-state index in [1.54, 1.807) is 0 Å². The molecule has 1 amide bonds. The Hall–Kier alpha value is -1.83. The van der Waals surface area contributed by atoms with Crippen molar-refractivity contribution in [3.8, 4) is 0 Å². The minimum absolute atomic E-state index is 0.0324. The number of aromatic nitrogens is 2. The fraction of sp³-hybridized carbons (Fsp3) is 0.524. The fourth-order valence-electron chi connectivity index (χ4n) is 3.28. The summed E-state index contributed by atoms with van der Waals surface area (Å²) >= 11 is 1.45. The third-order valence-corrected chi connectivity index (χ3v) is 5.98. The van der Waals surface area contributed by atoms with Crippen molar-refractivity contribution in [1.82, 2.24) is 20.2 Å². The van der Waals surface area contributed by atoms with Crippen LogP contribution in [-0.4, -0.2) is 64.9 Å². The van der Waals surface area contributed by atoms with Crippen LogP contribution in [-0.2, 0) is 16.0 Å². The van der Waals surface area contributed by atoms with Crippen LogP contribution in [0.25, 0.3) is 0 Å². The highest BCUT2D eigenvalue weighted by molar-refractivity contribution is 7.99. The van der Waals surface area contributed by atoms with Gasteiger partial charge in [0.25, 0.3) is 0 Å². The second-order valence-electron chi connectivity index (χ2n) is 7.75. The number of hydrogen-bond acceptors (Lipinski definition) is 5. The first-order valence-corrected chi connectivity index (χ1v) is 10.7. The summed E-state index contributed by atoms with van der Waals surface area (Å²) in [6.45, 7) is 10.3. The molecule has 0 radical (unpaired) electrons. The number of rotatable bonds is 8. The van der Waals surface area contributed by atoms with Crippen LogP contribution in [0.15, 0.2) is 35.5 Å². The van der Waals surface area contributed by atoms with Gasteiger partial charge < -0.3 is 15.0 Å². The molecular weight excluding hydrogens is 372 g/mol. The van der Waals surface area contributed by atoms with Crippen LogP contribution in [0.4, 0.5) is 0 Å². The van der Waals surface area contributed by atoms with Crippen molar-refractivity contribution in [3.05, 3.63) is 47.3 Å². The molecule has 2 heterocycles. The van der Waals surface area contributed by atoms with Crippen molar-refractivity contribution in [2.24, 2.45) is 0 Å². The second-order valence-corrected chi connectivity index (χ2v) is 8.72. The Kier molecular flexibility index (Phi) is 7.15. The number of carbonyl (C=O) groups is 1. The van der Waals surface area contributed by atoms with Crippen LogP contribution < -0.4 is 5.32 Å². The molecule has 1 saturated heterocycles. The highest BCUT2D eigenvalue weighted by Gasteiger charge is 2.28. The number of amides is 1. The number of aromatic amines is 1. The third kappa shape index (κ3) is 5.83. The van der Waals surface area contributed by atoms with Gasteiger partial charge in [0, 0.05) is 37.3 Å².